The number of hydrogen-bond acceptors (Lipinski definition) is 2. The van der Waals surface area contributed by atoms with Crippen molar-refractivity contribution in [3.05, 3.63) is 18.2 Å². The molecule has 0 spiro atoms. The van der Waals surface area contributed by atoms with E-state index in [-0.39, 0.29) is 0 Å². The van der Waals surface area contributed by atoms with Crippen LogP contribution in [-0.2, 0) is 13.0 Å². The van der Waals surface area contributed by atoms with Gasteiger partial charge >= 0.3 is 0 Å². The van der Waals surface area contributed by atoms with Crippen molar-refractivity contribution < 1.29 is 0 Å². The zero-order valence-corrected chi connectivity index (χ0v) is 12.7. The highest BCUT2D eigenvalue weighted by atomic mass is 15.1. The van der Waals surface area contributed by atoms with E-state index in [2.05, 4.69) is 41.8 Å². The van der Waals surface area contributed by atoms with Crippen LogP contribution in [0.5, 0.6) is 0 Å². The van der Waals surface area contributed by atoms with Crippen molar-refractivity contribution >= 4 is 0 Å². The van der Waals surface area contributed by atoms with E-state index in [1.165, 1.54) is 31.5 Å². The Hall–Kier alpha value is -0.830. The van der Waals surface area contributed by atoms with Crippen molar-refractivity contribution in [2.45, 2.75) is 65.5 Å². The summed E-state index contributed by atoms with van der Waals surface area (Å²) in [5.41, 5.74) is 0. The smallest absolute Gasteiger partial charge is 0.110 e. The fourth-order valence-electron chi connectivity index (χ4n) is 3.53. The van der Waals surface area contributed by atoms with Crippen LogP contribution in [0, 0.1) is 11.8 Å². The predicted molar refractivity (Wildman–Crippen MR) is 80.2 cm³/mol. The molecule has 0 radical (unpaired) electrons. The van der Waals surface area contributed by atoms with Gasteiger partial charge in [0, 0.05) is 31.4 Å². The minimum absolute atomic E-state index is 0.606. The summed E-state index contributed by atoms with van der Waals surface area (Å²) in [6.07, 6.45) is 10.7. The van der Waals surface area contributed by atoms with Crippen molar-refractivity contribution in [2.75, 3.05) is 6.54 Å². The molecule has 3 heteroatoms. The molecule has 2 rings (SSSR count). The van der Waals surface area contributed by atoms with Gasteiger partial charge in [-0.1, -0.05) is 26.7 Å². The van der Waals surface area contributed by atoms with Gasteiger partial charge in [0.05, 0.1) is 0 Å². The standard InChI is InChI=1S/C16H29N3/c1-4-13-7-8-14(11-13)15(17-5-2)12-16-18-9-10-19(16)6-3/h9-10,13-15,17H,4-8,11-12H2,1-3H3. The number of hydrogen-bond donors (Lipinski definition) is 1. The molecule has 1 aromatic heterocycles. The molecule has 0 amide bonds. The lowest BCUT2D eigenvalue weighted by Gasteiger charge is -2.24. The Kier molecular flexibility index (Phi) is 5.44. The van der Waals surface area contributed by atoms with Crippen molar-refractivity contribution in [2.24, 2.45) is 11.8 Å². The summed E-state index contributed by atoms with van der Waals surface area (Å²) in [6, 6.07) is 0.606. The summed E-state index contributed by atoms with van der Waals surface area (Å²) in [4.78, 5) is 4.54. The van der Waals surface area contributed by atoms with Crippen LogP contribution in [0.4, 0.5) is 0 Å². The topological polar surface area (TPSA) is 29.9 Å². The predicted octanol–water partition coefficient (Wildman–Crippen LogP) is 3.25. The zero-order valence-electron chi connectivity index (χ0n) is 12.7. The number of imidazole rings is 1. The second kappa shape index (κ2) is 7.09. The number of aromatic nitrogens is 2. The first-order valence-corrected chi connectivity index (χ1v) is 8.01. The van der Waals surface area contributed by atoms with Crippen LogP contribution >= 0.6 is 0 Å². The van der Waals surface area contributed by atoms with Crippen LogP contribution in [0.1, 0.15) is 52.3 Å². The Morgan fingerprint density at radius 1 is 1.37 bits per heavy atom. The van der Waals surface area contributed by atoms with Crippen LogP contribution in [0.3, 0.4) is 0 Å². The lowest BCUT2D eigenvalue weighted by atomic mass is 9.93. The molecule has 1 N–H and O–H groups in total. The first kappa shape index (κ1) is 14.6. The van der Waals surface area contributed by atoms with Gasteiger partial charge in [0.1, 0.15) is 5.82 Å². The van der Waals surface area contributed by atoms with Gasteiger partial charge in [-0.15, -0.1) is 0 Å². The highest BCUT2D eigenvalue weighted by Gasteiger charge is 2.30. The average molecular weight is 263 g/mol. The Morgan fingerprint density at radius 3 is 2.84 bits per heavy atom. The van der Waals surface area contributed by atoms with Crippen LogP contribution in [0.15, 0.2) is 12.4 Å². The molecule has 0 saturated heterocycles. The third-order valence-electron chi connectivity index (χ3n) is 4.74. The monoisotopic (exact) mass is 263 g/mol. The number of nitrogens with zero attached hydrogens (tertiary/aromatic N) is 2. The third-order valence-corrected chi connectivity index (χ3v) is 4.74. The largest absolute Gasteiger partial charge is 0.335 e. The van der Waals surface area contributed by atoms with Crippen molar-refractivity contribution in [1.82, 2.24) is 14.9 Å². The van der Waals surface area contributed by atoms with Gasteiger partial charge in [-0.3, -0.25) is 0 Å². The molecule has 1 aliphatic rings. The molecule has 0 bridgehead atoms. The van der Waals surface area contributed by atoms with Gasteiger partial charge < -0.3 is 9.88 Å². The molecule has 3 unspecified atom stereocenters. The van der Waals surface area contributed by atoms with Crippen molar-refractivity contribution in [3.63, 3.8) is 0 Å². The summed E-state index contributed by atoms with van der Waals surface area (Å²) in [6.45, 7) is 8.82. The van der Waals surface area contributed by atoms with Crippen LogP contribution in [-0.4, -0.2) is 22.1 Å². The van der Waals surface area contributed by atoms with Gasteiger partial charge in [-0.05, 0) is 38.1 Å². The molecule has 19 heavy (non-hydrogen) atoms. The van der Waals surface area contributed by atoms with Crippen LogP contribution in [0.2, 0.25) is 0 Å². The Morgan fingerprint density at radius 2 is 2.21 bits per heavy atom. The molecule has 1 aromatic rings. The molecule has 3 nitrogen and oxygen atoms in total. The lowest BCUT2D eigenvalue weighted by Crippen LogP contribution is -2.37. The Balaban J connectivity index is 2.00. The van der Waals surface area contributed by atoms with E-state index in [0.29, 0.717) is 6.04 Å². The Labute approximate surface area is 117 Å². The van der Waals surface area contributed by atoms with Crippen LogP contribution in [0.25, 0.3) is 0 Å². The van der Waals surface area contributed by atoms with Gasteiger partial charge in [0.15, 0.2) is 0 Å². The van der Waals surface area contributed by atoms with Crippen molar-refractivity contribution in [1.29, 1.82) is 0 Å². The molecule has 1 fully saturated rings. The van der Waals surface area contributed by atoms with Gasteiger partial charge in [0.25, 0.3) is 0 Å². The van der Waals surface area contributed by atoms with E-state index in [0.717, 1.165) is 31.3 Å². The van der Waals surface area contributed by atoms with Gasteiger partial charge in [-0.2, -0.15) is 0 Å². The SMILES string of the molecule is CCNC(Cc1nccn1CC)C1CCC(CC)C1. The molecule has 0 aliphatic heterocycles. The molecule has 108 valence electrons. The first-order chi connectivity index (χ1) is 9.28. The van der Waals surface area contributed by atoms with E-state index in [9.17, 15) is 0 Å². The normalized spacial score (nSPS) is 24.8. The van der Waals surface area contributed by atoms with Crippen LogP contribution < -0.4 is 5.32 Å². The maximum absolute atomic E-state index is 4.54. The summed E-state index contributed by atoms with van der Waals surface area (Å²) < 4.78 is 2.27. The molecular formula is C16H29N3. The molecule has 1 heterocycles. The number of nitrogens with one attached hydrogen (secondary N) is 1. The second-order valence-corrected chi connectivity index (χ2v) is 5.85. The fourth-order valence-corrected chi connectivity index (χ4v) is 3.53. The number of likely N-dealkylation sites (N-methyl/N-ethyl adjacent to an activating group) is 1. The highest BCUT2D eigenvalue weighted by Crippen LogP contribution is 2.35. The quantitative estimate of drug-likeness (QED) is 0.818. The van der Waals surface area contributed by atoms with Crippen molar-refractivity contribution in [3.8, 4) is 0 Å². The maximum atomic E-state index is 4.54. The van der Waals surface area contributed by atoms with E-state index < -0.39 is 0 Å². The van der Waals surface area contributed by atoms with E-state index >= 15 is 0 Å². The van der Waals surface area contributed by atoms with E-state index in [1.807, 2.05) is 6.20 Å². The zero-order chi connectivity index (χ0) is 13.7. The fraction of sp³-hybridized carbons (Fsp3) is 0.812. The average Bonchev–Trinajstić information content (AvgIpc) is 3.06. The third kappa shape index (κ3) is 3.59. The summed E-state index contributed by atoms with van der Waals surface area (Å²) >= 11 is 0. The van der Waals surface area contributed by atoms with Gasteiger partial charge in [0.2, 0.25) is 0 Å². The minimum Gasteiger partial charge on any atom is -0.335 e. The summed E-state index contributed by atoms with van der Waals surface area (Å²) in [5.74, 6) is 3.04. The first-order valence-electron chi connectivity index (χ1n) is 8.01. The number of rotatable bonds is 7. The lowest BCUT2D eigenvalue weighted by molar-refractivity contribution is 0.342. The van der Waals surface area contributed by atoms with Gasteiger partial charge in [-0.25, -0.2) is 4.98 Å². The summed E-state index contributed by atoms with van der Waals surface area (Å²) in [7, 11) is 0. The van der Waals surface area contributed by atoms with E-state index in [4.69, 9.17) is 0 Å². The molecule has 1 saturated carbocycles. The minimum atomic E-state index is 0.606. The molecule has 1 aliphatic carbocycles. The highest BCUT2D eigenvalue weighted by molar-refractivity contribution is 4.98. The van der Waals surface area contributed by atoms with E-state index in [1.54, 1.807) is 0 Å². The summed E-state index contributed by atoms with van der Waals surface area (Å²) in [5, 5.41) is 3.71. The Bertz CT molecular complexity index is 372. The molecule has 3 atom stereocenters. The molecule has 0 aromatic carbocycles. The second-order valence-electron chi connectivity index (χ2n) is 5.85. The molecular weight excluding hydrogens is 234 g/mol. The number of aryl methyl sites for hydroxylation is 1. The maximum Gasteiger partial charge on any atom is 0.110 e.